The molecule has 0 saturated carbocycles. The van der Waals surface area contributed by atoms with Crippen molar-refractivity contribution < 1.29 is 9.59 Å². The minimum atomic E-state index is 0.0324. The maximum Gasteiger partial charge on any atom is 0.236 e. The van der Waals surface area contributed by atoms with Crippen LogP contribution in [0.15, 0.2) is 12.2 Å². The van der Waals surface area contributed by atoms with E-state index >= 15 is 0 Å². The minimum absolute atomic E-state index is 0.0324. The van der Waals surface area contributed by atoms with Gasteiger partial charge in [0.2, 0.25) is 5.91 Å². The molecular formula is C12H22N2O2. The third-order valence-electron chi connectivity index (χ3n) is 2.17. The van der Waals surface area contributed by atoms with Crippen molar-refractivity contribution in [3.8, 4) is 0 Å². The molecule has 0 fully saturated rings. The zero-order chi connectivity index (χ0) is 12.7. The average Bonchev–Trinajstić information content (AvgIpc) is 2.16. The van der Waals surface area contributed by atoms with E-state index in [9.17, 15) is 9.59 Å². The second-order valence-corrected chi connectivity index (χ2v) is 4.44. The zero-order valence-corrected chi connectivity index (χ0v) is 10.9. The Labute approximate surface area is 97.9 Å². The van der Waals surface area contributed by atoms with E-state index < -0.39 is 0 Å². The summed E-state index contributed by atoms with van der Waals surface area (Å²) in [5.41, 5.74) is 0. The number of allylic oxidation sites excluding steroid dienone is 1. The molecule has 0 radical (unpaired) electrons. The molecule has 0 unspecified atom stereocenters. The third kappa shape index (κ3) is 6.35. The highest BCUT2D eigenvalue weighted by Gasteiger charge is 2.07. The van der Waals surface area contributed by atoms with Gasteiger partial charge in [-0.3, -0.25) is 14.5 Å². The van der Waals surface area contributed by atoms with Gasteiger partial charge >= 0.3 is 0 Å². The summed E-state index contributed by atoms with van der Waals surface area (Å²) < 4.78 is 0. The number of nitrogens with zero attached hydrogens (tertiary/aromatic N) is 2. The molecule has 0 aliphatic heterocycles. The molecule has 0 saturated heterocycles. The Kier molecular flexibility index (Phi) is 6.65. The van der Waals surface area contributed by atoms with Gasteiger partial charge in [-0.15, -0.1) is 0 Å². The first-order chi connectivity index (χ1) is 7.34. The zero-order valence-electron chi connectivity index (χ0n) is 10.9. The molecule has 0 N–H and O–H groups in total. The van der Waals surface area contributed by atoms with Crippen LogP contribution < -0.4 is 0 Å². The van der Waals surface area contributed by atoms with E-state index in [1.807, 2.05) is 25.8 Å². The minimum Gasteiger partial charge on any atom is -0.348 e. The molecule has 1 amide bonds. The van der Waals surface area contributed by atoms with Crippen molar-refractivity contribution in [1.82, 2.24) is 9.80 Å². The highest BCUT2D eigenvalue weighted by atomic mass is 16.2. The fraction of sp³-hybridized carbons (Fsp3) is 0.667. The largest absolute Gasteiger partial charge is 0.348 e. The number of carbonyl (C=O) groups excluding carboxylic acids is 2. The normalized spacial score (nSPS) is 11.4. The first-order valence-corrected chi connectivity index (χ1v) is 5.43. The van der Waals surface area contributed by atoms with Gasteiger partial charge in [-0.1, -0.05) is 19.9 Å². The van der Waals surface area contributed by atoms with Crippen LogP contribution in [0.5, 0.6) is 0 Å². The van der Waals surface area contributed by atoms with Gasteiger partial charge in [-0.25, -0.2) is 0 Å². The Morgan fingerprint density at radius 3 is 2.19 bits per heavy atom. The van der Waals surface area contributed by atoms with E-state index in [0.29, 0.717) is 13.1 Å². The number of hydrogen-bond acceptors (Lipinski definition) is 3. The molecule has 16 heavy (non-hydrogen) atoms. The summed E-state index contributed by atoms with van der Waals surface area (Å²) in [5.74, 6) is 0.211. The maximum atomic E-state index is 11.4. The molecule has 4 heteroatoms. The van der Waals surface area contributed by atoms with Gasteiger partial charge in [0.15, 0.2) is 5.78 Å². The summed E-state index contributed by atoms with van der Waals surface area (Å²) in [6.07, 6.45) is 3.38. The lowest BCUT2D eigenvalue weighted by Gasteiger charge is -2.17. The summed E-state index contributed by atoms with van der Waals surface area (Å²) in [5, 5.41) is 0. The lowest BCUT2D eigenvalue weighted by atomic mass is 10.1. The second kappa shape index (κ2) is 7.17. The Hall–Kier alpha value is -1.16. The highest BCUT2D eigenvalue weighted by molar-refractivity contribution is 5.91. The predicted octanol–water partition coefficient (Wildman–Crippen LogP) is 0.788. The van der Waals surface area contributed by atoms with Crippen LogP contribution in [0.1, 0.15) is 13.8 Å². The van der Waals surface area contributed by atoms with Gasteiger partial charge in [0.1, 0.15) is 0 Å². The number of rotatable bonds is 6. The van der Waals surface area contributed by atoms with Crippen LogP contribution >= 0.6 is 0 Å². The lowest BCUT2D eigenvalue weighted by molar-refractivity contribution is -0.129. The predicted molar refractivity (Wildman–Crippen MR) is 65.2 cm³/mol. The molecule has 0 aliphatic carbocycles. The molecule has 0 bridgehead atoms. The molecular weight excluding hydrogens is 204 g/mol. The smallest absolute Gasteiger partial charge is 0.236 e. The SMILES string of the molecule is CC(C)C(=O)/C=C/CN(C)CC(=O)N(C)C. The molecule has 0 heterocycles. The summed E-state index contributed by atoms with van der Waals surface area (Å²) in [6, 6.07) is 0. The summed E-state index contributed by atoms with van der Waals surface area (Å²) >= 11 is 0. The fourth-order valence-electron chi connectivity index (χ4n) is 0.978. The summed E-state index contributed by atoms with van der Waals surface area (Å²) in [6.45, 7) is 4.71. The van der Waals surface area contributed by atoms with Gasteiger partial charge < -0.3 is 4.90 Å². The van der Waals surface area contributed by atoms with Crippen molar-refractivity contribution in [2.45, 2.75) is 13.8 Å². The number of ketones is 1. The Morgan fingerprint density at radius 1 is 1.19 bits per heavy atom. The van der Waals surface area contributed by atoms with Crippen LogP contribution in [0.3, 0.4) is 0 Å². The molecule has 0 atom stereocenters. The monoisotopic (exact) mass is 226 g/mol. The Balaban J connectivity index is 3.94. The van der Waals surface area contributed by atoms with Crippen LogP contribution in [-0.2, 0) is 9.59 Å². The van der Waals surface area contributed by atoms with Crippen molar-refractivity contribution >= 4 is 11.7 Å². The number of likely N-dealkylation sites (N-methyl/N-ethyl adjacent to an activating group) is 2. The van der Waals surface area contributed by atoms with Crippen molar-refractivity contribution in [3.05, 3.63) is 12.2 Å². The van der Waals surface area contributed by atoms with Crippen LogP contribution in [0.4, 0.5) is 0 Å². The third-order valence-corrected chi connectivity index (χ3v) is 2.17. The Bertz CT molecular complexity index is 270. The molecule has 0 spiro atoms. The number of amides is 1. The van der Waals surface area contributed by atoms with Crippen molar-refractivity contribution in [2.75, 3.05) is 34.2 Å². The number of carbonyl (C=O) groups is 2. The van der Waals surface area contributed by atoms with E-state index in [0.717, 1.165) is 0 Å². The quantitative estimate of drug-likeness (QED) is 0.629. The molecule has 0 aliphatic rings. The number of hydrogen-bond donors (Lipinski definition) is 0. The van der Waals surface area contributed by atoms with Crippen LogP contribution in [0.25, 0.3) is 0 Å². The Morgan fingerprint density at radius 2 is 1.75 bits per heavy atom. The van der Waals surface area contributed by atoms with Crippen LogP contribution in [-0.4, -0.2) is 55.7 Å². The average molecular weight is 226 g/mol. The first-order valence-electron chi connectivity index (χ1n) is 5.43. The standard InChI is InChI=1S/C12H22N2O2/c1-10(2)11(15)7-6-8-14(5)9-12(16)13(3)4/h6-7,10H,8-9H2,1-5H3/b7-6+. The lowest BCUT2D eigenvalue weighted by Crippen LogP contribution is -2.34. The van der Waals surface area contributed by atoms with Crippen LogP contribution in [0.2, 0.25) is 0 Å². The fourth-order valence-corrected chi connectivity index (χ4v) is 0.978. The summed E-state index contributed by atoms with van der Waals surface area (Å²) in [4.78, 5) is 26.0. The van der Waals surface area contributed by atoms with E-state index in [1.165, 1.54) is 0 Å². The van der Waals surface area contributed by atoms with E-state index in [1.54, 1.807) is 31.1 Å². The van der Waals surface area contributed by atoms with Crippen molar-refractivity contribution in [2.24, 2.45) is 5.92 Å². The highest BCUT2D eigenvalue weighted by Crippen LogP contribution is 1.95. The van der Waals surface area contributed by atoms with E-state index in [4.69, 9.17) is 0 Å². The van der Waals surface area contributed by atoms with Gasteiger partial charge in [-0.2, -0.15) is 0 Å². The van der Waals surface area contributed by atoms with Gasteiger partial charge in [0, 0.05) is 26.6 Å². The van der Waals surface area contributed by atoms with Crippen LogP contribution in [0, 0.1) is 5.92 Å². The molecule has 4 nitrogen and oxygen atoms in total. The molecule has 0 aromatic heterocycles. The first kappa shape index (κ1) is 14.8. The molecule has 0 aromatic carbocycles. The topological polar surface area (TPSA) is 40.6 Å². The van der Waals surface area contributed by atoms with Gasteiger partial charge in [0.25, 0.3) is 0 Å². The van der Waals surface area contributed by atoms with Crippen molar-refractivity contribution in [1.29, 1.82) is 0 Å². The molecule has 92 valence electrons. The van der Waals surface area contributed by atoms with Gasteiger partial charge in [-0.05, 0) is 13.1 Å². The molecule has 0 aromatic rings. The van der Waals surface area contributed by atoms with Gasteiger partial charge in [0.05, 0.1) is 6.54 Å². The van der Waals surface area contributed by atoms with E-state index in [-0.39, 0.29) is 17.6 Å². The molecule has 0 rings (SSSR count). The summed E-state index contributed by atoms with van der Waals surface area (Å²) in [7, 11) is 5.31. The second-order valence-electron chi connectivity index (χ2n) is 4.44. The van der Waals surface area contributed by atoms with Crippen molar-refractivity contribution in [3.63, 3.8) is 0 Å². The van der Waals surface area contributed by atoms with E-state index in [2.05, 4.69) is 0 Å². The maximum absolute atomic E-state index is 11.4.